The third-order valence-electron chi connectivity index (χ3n) is 2.43. The zero-order chi connectivity index (χ0) is 13.8. The molecule has 6 heteroatoms. The Kier molecular flexibility index (Phi) is 4.98. The van der Waals surface area contributed by atoms with E-state index in [0.29, 0.717) is 6.42 Å². The van der Waals surface area contributed by atoms with E-state index in [-0.39, 0.29) is 10.9 Å². The summed E-state index contributed by atoms with van der Waals surface area (Å²) < 4.78 is 23.8. The van der Waals surface area contributed by atoms with Gasteiger partial charge in [-0.2, -0.15) is 0 Å². The first-order valence-corrected chi connectivity index (χ1v) is 7.40. The monoisotopic (exact) mass is 270 g/mol. The molecule has 0 saturated carbocycles. The second-order valence-electron chi connectivity index (χ2n) is 4.63. The van der Waals surface area contributed by atoms with Crippen molar-refractivity contribution in [3.63, 3.8) is 0 Å². The molecule has 18 heavy (non-hydrogen) atoms. The van der Waals surface area contributed by atoms with E-state index in [0.717, 1.165) is 0 Å². The second-order valence-corrected chi connectivity index (χ2v) is 6.57. The van der Waals surface area contributed by atoms with Crippen molar-refractivity contribution in [3.8, 4) is 0 Å². The second kappa shape index (κ2) is 6.06. The fourth-order valence-electron chi connectivity index (χ4n) is 1.54. The molecule has 0 saturated heterocycles. The molecule has 0 aromatic carbocycles. The van der Waals surface area contributed by atoms with Gasteiger partial charge in [-0.15, -0.1) is 0 Å². The van der Waals surface area contributed by atoms with E-state index in [1.807, 2.05) is 13.8 Å². The average Bonchev–Trinajstić information content (AvgIpc) is 2.28. The molecule has 0 aliphatic heterocycles. The zero-order valence-corrected chi connectivity index (χ0v) is 11.4. The average molecular weight is 270 g/mol. The lowest BCUT2D eigenvalue weighted by Gasteiger charge is -2.12. The number of sulfone groups is 1. The molecule has 0 amide bonds. The van der Waals surface area contributed by atoms with Crippen LogP contribution in [-0.2, 0) is 14.6 Å². The minimum absolute atomic E-state index is 0.0879. The largest absolute Gasteiger partial charge is 0.321 e. The van der Waals surface area contributed by atoms with Crippen molar-refractivity contribution in [1.29, 1.82) is 0 Å². The van der Waals surface area contributed by atoms with Crippen molar-refractivity contribution in [2.45, 2.75) is 31.3 Å². The summed E-state index contributed by atoms with van der Waals surface area (Å²) in [6.45, 7) is 3.86. The molecule has 5 nitrogen and oxygen atoms in total. The number of ketones is 1. The van der Waals surface area contributed by atoms with Crippen molar-refractivity contribution in [2.24, 2.45) is 11.7 Å². The molecule has 0 spiro atoms. The molecular weight excluding hydrogens is 252 g/mol. The highest BCUT2D eigenvalue weighted by atomic mass is 32.2. The fourth-order valence-corrected chi connectivity index (χ4v) is 2.78. The Labute approximate surface area is 107 Å². The quantitative estimate of drug-likeness (QED) is 0.825. The van der Waals surface area contributed by atoms with Crippen molar-refractivity contribution < 1.29 is 13.2 Å². The van der Waals surface area contributed by atoms with E-state index >= 15 is 0 Å². The van der Waals surface area contributed by atoms with Crippen LogP contribution in [0.5, 0.6) is 0 Å². The first-order chi connectivity index (χ1) is 8.33. The lowest BCUT2D eigenvalue weighted by Crippen LogP contribution is -2.36. The molecule has 0 fully saturated rings. The third kappa shape index (κ3) is 4.19. The number of carbonyl (C=O) groups excluding carboxylic acids is 1. The molecule has 1 heterocycles. The van der Waals surface area contributed by atoms with Crippen molar-refractivity contribution in [3.05, 3.63) is 24.4 Å². The molecule has 100 valence electrons. The number of Topliss-reactive ketones (excluding diaryl/α,β-unsaturated/α-hetero) is 1. The van der Waals surface area contributed by atoms with Crippen LogP contribution in [0.4, 0.5) is 0 Å². The first-order valence-electron chi connectivity index (χ1n) is 5.75. The summed E-state index contributed by atoms with van der Waals surface area (Å²) in [5.41, 5.74) is 5.67. The number of aromatic nitrogens is 1. The Morgan fingerprint density at radius 2 is 2.06 bits per heavy atom. The third-order valence-corrected chi connectivity index (χ3v) is 3.97. The maximum absolute atomic E-state index is 11.9. The number of hydrogen-bond donors (Lipinski definition) is 1. The summed E-state index contributed by atoms with van der Waals surface area (Å²) >= 11 is 0. The molecular formula is C12H18N2O3S. The van der Waals surface area contributed by atoms with Gasteiger partial charge in [0.25, 0.3) is 0 Å². The zero-order valence-electron chi connectivity index (χ0n) is 10.5. The highest BCUT2D eigenvalue weighted by Gasteiger charge is 2.24. The molecule has 2 N–H and O–H groups in total. The molecule has 1 aromatic heterocycles. The number of carbonyl (C=O) groups is 1. The summed E-state index contributed by atoms with van der Waals surface area (Å²) in [5, 5.41) is -0.0879. The smallest absolute Gasteiger partial charge is 0.202 e. The first kappa shape index (κ1) is 14.8. The van der Waals surface area contributed by atoms with E-state index in [1.54, 1.807) is 12.1 Å². The van der Waals surface area contributed by atoms with Crippen LogP contribution in [0.2, 0.25) is 0 Å². The van der Waals surface area contributed by atoms with E-state index in [4.69, 9.17) is 5.73 Å². The van der Waals surface area contributed by atoms with Crippen LogP contribution in [0.3, 0.4) is 0 Å². The minimum atomic E-state index is -3.68. The van der Waals surface area contributed by atoms with Gasteiger partial charge in [0.1, 0.15) is 5.75 Å². The Bertz CT molecular complexity index is 497. The van der Waals surface area contributed by atoms with Crippen molar-refractivity contribution in [2.75, 3.05) is 5.75 Å². The molecule has 1 rings (SSSR count). The number of nitrogens with zero attached hydrogens (tertiary/aromatic N) is 1. The summed E-state index contributed by atoms with van der Waals surface area (Å²) in [5.74, 6) is -0.798. The maximum atomic E-state index is 11.9. The van der Waals surface area contributed by atoms with Crippen LogP contribution >= 0.6 is 0 Å². The van der Waals surface area contributed by atoms with Gasteiger partial charge < -0.3 is 5.73 Å². The SMILES string of the molecule is CC(C)C[C@H](N)C(=O)CS(=O)(=O)c1ccccn1. The van der Waals surface area contributed by atoms with E-state index in [1.165, 1.54) is 12.3 Å². The van der Waals surface area contributed by atoms with Gasteiger partial charge in [0, 0.05) is 6.20 Å². The summed E-state index contributed by atoms with van der Waals surface area (Å²) in [7, 11) is -3.68. The number of pyridine rings is 1. The van der Waals surface area contributed by atoms with E-state index in [9.17, 15) is 13.2 Å². The number of nitrogens with two attached hydrogens (primary N) is 1. The van der Waals surface area contributed by atoms with Gasteiger partial charge in [0.05, 0.1) is 6.04 Å². The lowest BCUT2D eigenvalue weighted by atomic mass is 10.0. The lowest BCUT2D eigenvalue weighted by molar-refractivity contribution is -0.118. The van der Waals surface area contributed by atoms with Gasteiger partial charge in [0.2, 0.25) is 9.84 Å². The molecule has 0 aliphatic carbocycles. The normalized spacial score (nSPS) is 13.6. The van der Waals surface area contributed by atoms with E-state index < -0.39 is 27.4 Å². The highest BCUT2D eigenvalue weighted by Crippen LogP contribution is 2.10. The summed E-state index contributed by atoms with van der Waals surface area (Å²) in [4.78, 5) is 15.5. The Morgan fingerprint density at radius 3 is 2.56 bits per heavy atom. The maximum Gasteiger partial charge on any atom is 0.202 e. The predicted molar refractivity (Wildman–Crippen MR) is 68.7 cm³/mol. The Hall–Kier alpha value is -1.27. The van der Waals surface area contributed by atoms with Crippen molar-refractivity contribution in [1.82, 2.24) is 4.98 Å². The van der Waals surface area contributed by atoms with Crippen molar-refractivity contribution >= 4 is 15.6 Å². The molecule has 0 bridgehead atoms. The van der Waals surface area contributed by atoms with Crippen LogP contribution < -0.4 is 5.73 Å². The summed E-state index contributed by atoms with van der Waals surface area (Å²) in [6, 6.07) is 3.82. The summed E-state index contributed by atoms with van der Waals surface area (Å²) in [6.07, 6.45) is 1.86. The molecule has 0 radical (unpaired) electrons. The fraction of sp³-hybridized carbons (Fsp3) is 0.500. The highest BCUT2D eigenvalue weighted by molar-refractivity contribution is 7.92. The van der Waals surface area contributed by atoms with Crippen LogP contribution in [0.25, 0.3) is 0 Å². The number of rotatable bonds is 6. The van der Waals surface area contributed by atoms with Gasteiger partial charge >= 0.3 is 0 Å². The van der Waals surface area contributed by atoms with Gasteiger partial charge in [-0.05, 0) is 24.5 Å². The van der Waals surface area contributed by atoms with Crippen LogP contribution in [0, 0.1) is 5.92 Å². The Morgan fingerprint density at radius 1 is 1.39 bits per heavy atom. The minimum Gasteiger partial charge on any atom is -0.321 e. The van der Waals surface area contributed by atoms with Crippen LogP contribution in [0.15, 0.2) is 29.4 Å². The molecule has 0 aliphatic rings. The van der Waals surface area contributed by atoms with Crippen LogP contribution in [0.1, 0.15) is 20.3 Å². The van der Waals surface area contributed by atoms with Gasteiger partial charge in [-0.25, -0.2) is 13.4 Å². The molecule has 1 aromatic rings. The predicted octanol–water partition coefficient (Wildman–Crippen LogP) is 0.798. The van der Waals surface area contributed by atoms with E-state index in [2.05, 4.69) is 4.98 Å². The molecule has 0 unspecified atom stereocenters. The van der Waals surface area contributed by atoms with Gasteiger partial charge in [0.15, 0.2) is 10.8 Å². The van der Waals surface area contributed by atoms with Gasteiger partial charge in [-0.1, -0.05) is 19.9 Å². The van der Waals surface area contributed by atoms with Gasteiger partial charge in [-0.3, -0.25) is 4.79 Å². The molecule has 1 atom stereocenters. The van der Waals surface area contributed by atoms with Crippen LogP contribution in [-0.4, -0.2) is 31.0 Å². The number of hydrogen-bond acceptors (Lipinski definition) is 5. The topological polar surface area (TPSA) is 90.1 Å². The Balaban J connectivity index is 2.76. The standard InChI is InChI=1S/C12H18N2O3S/c1-9(2)7-10(13)11(15)8-18(16,17)12-5-3-4-6-14-12/h3-6,9-10H,7-8,13H2,1-2H3/t10-/m0/s1.